The van der Waals surface area contributed by atoms with Crippen molar-refractivity contribution in [1.82, 2.24) is 4.90 Å². The van der Waals surface area contributed by atoms with Crippen molar-refractivity contribution in [2.75, 3.05) is 13.6 Å². The van der Waals surface area contributed by atoms with E-state index in [1.807, 2.05) is 0 Å². The second-order valence-corrected chi connectivity index (χ2v) is 7.13. The summed E-state index contributed by atoms with van der Waals surface area (Å²) < 4.78 is 0. The van der Waals surface area contributed by atoms with Crippen molar-refractivity contribution in [2.24, 2.45) is 17.6 Å². The summed E-state index contributed by atoms with van der Waals surface area (Å²) in [4.78, 5) is 2.67. The fourth-order valence-electron chi connectivity index (χ4n) is 4.31. The molecule has 0 spiro atoms. The predicted octanol–water partition coefficient (Wildman–Crippen LogP) is 3.79. The topological polar surface area (TPSA) is 29.3 Å². The lowest BCUT2D eigenvalue weighted by Gasteiger charge is -2.41. The van der Waals surface area contributed by atoms with Gasteiger partial charge in [0.15, 0.2) is 0 Å². The highest BCUT2D eigenvalue weighted by atomic mass is 15.2. The monoisotopic (exact) mass is 266 g/mol. The molecular formula is C17H34N2. The van der Waals surface area contributed by atoms with Crippen LogP contribution in [0.15, 0.2) is 0 Å². The molecule has 0 aromatic heterocycles. The Morgan fingerprint density at radius 2 is 1.53 bits per heavy atom. The van der Waals surface area contributed by atoms with Crippen LogP contribution in [-0.4, -0.2) is 30.6 Å². The maximum Gasteiger partial charge on any atom is 0.0246 e. The maximum absolute atomic E-state index is 6.15. The van der Waals surface area contributed by atoms with Gasteiger partial charge in [0, 0.05) is 18.6 Å². The lowest BCUT2D eigenvalue weighted by Crippen LogP contribution is -2.49. The summed E-state index contributed by atoms with van der Waals surface area (Å²) >= 11 is 0. The van der Waals surface area contributed by atoms with Gasteiger partial charge in [0.25, 0.3) is 0 Å². The third kappa shape index (κ3) is 4.19. The van der Waals surface area contributed by atoms with Crippen molar-refractivity contribution in [1.29, 1.82) is 0 Å². The van der Waals surface area contributed by atoms with E-state index in [0.29, 0.717) is 6.04 Å². The summed E-state index contributed by atoms with van der Waals surface area (Å²) in [6.07, 6.45) is 14.2. The van der Waals surface area contributed by atoms with Crippen molar-refractivity contribution in [3.63, 3.8) is 0 Å². The van der Waals surface area contributed by atoms with E-state index < -0.39 is 0 Å². The first kappa shape index (κ1) is 15.3. The standard InChI is InChI=1S/C17H34N2/c1-14-9-11-16(12-10-14)19(2)17(13-18)15-7-5-3-4-6-8-15/h14-17H,3-13,18H2,1-2H3. The number of likely N-dealkylation sites (N-methyl/N-ethyl adjacent to an activating group) is 1. The van der Waals surface area contributed by atoms with Gasteiger partial charge in [-0.25, -0.2) is 0 Å². The van der Waals surface area contributed by atoms with E-state index in [0.717, 1.165) is 24.4 Å². The Morgan fingerprint density at radius 3 is 2.05 bits per heavy atom. The molecule has 2 fully saturated rings. The molecule has 2 rings (SSSR count). The van der Waals surface area contributed by atoms with Crippen LogP contribution in [0.5, 0.6) is 0 Å². The maximum atomic E-state index is 6.15. The van der Waals surface area contributed by atoms with E-state index in [1.165, 1.54) is 64.2 Å². The number of nitrogens with two attached hydrogens (primary N) is 1. The van der Waals surface area contributed by atoms with Crippen molar-refractivity contribution in [2.45, 2.75) is 83.2 Å². The molecule has 1 unspecified atom stereocenters. The molecule has 0 saturated heterocycles. The molecule has 0 heterocycles. The van der Waals surface area contributed by atoms with Crippen molar-refractivity contribution >= 4 is 0 Å². The van der Waals surface area contributed by atoms with Crippen molar-refractivity contribution in [3.8, 4) is 0 Å². The molecule has 112 valence electrons. The second kappa shape index (κ2) is 7.64. The highest BCUT2D eigenvalue weighted by Crippen LogP contribution is 2.32. The van der Waals surface area contributed by atoms with Gasteiger partial charge in [0.1, 0.15) is 0 Å². The van der Waals surface area contributed by atoms with Crippen LogP contribution in [0, 0.1) is 11.8 Å². The fourth-order valence-corrected chi connectivity index (χ4v) is 4.31. The molecule has 1 atom stereocenters. The van der Waals surface area contributed by atoms with Gasteiger partial charge in [-0.15, -0.1) is 0 Å². The van der Waals surface area contributed by atoms with Crippen LogP contribution in [0.3, 0.4) is 0 Å². The molecule has 0 aliphatic heterocycles. The summed E-state index contributed by atoms with van der Waals surface area (Å²) in [5.41, 5.74) is 6.15. The number of nitrogens with zero attached hydrogens (tertiary/aromatic N) is 1. The second-order valence-electron chi connectivity index (χ2n) is 7.13. The first-order valence-electron chi connectivity index (χ1n) is 8.64. The molecule has 2 nitrogen and oxygen atoms in total. The van der Waals surface area contributed by atoms with E-state index in [4.69, 9.17) is 5.73 Å². The van der Waals surface area contributed by atoms with Crippen LogP contribution >= 0.6 is 0 Å². The smallest absolute Gasteiger partial charge is 0.0246 e. The molecule has 2 aliphatic rings. The molecular weight excluding hydrogens is 232 g/mol. The minimum atomic E-state index is 0.636. The molecule has 2 N–H and O–H groups in total. The van der Waals surface area contributed by atoms with Crippen molar-refractivity contribution in [3.05, 3.63) is 0 Å². The van der Waals surface area contributed by atoms with Crippen LogP contribution in [0.4, 0.5) is 0 Å². The van der Waals surface area contributed by atoms with E-state index >= 15 is 0 Å². The van der Waals surface area contributed by atoms with Crippen LogP contribution in [0.25, 0.3) is 0 Å². The molecule has 0 amide bonds. The van der Waals surface area contributed by atoms with Crippen LogP contribution in [0.2, 0.25) is 0 Å². The third-order valence-electron chi connectivity index (χ3n) is 5.77. The Bertz CT molecular complexity index is 238. The van der Waals surface area contributed by atoms with Crippen LogP contribution in [-0.2, 0) is 0 Å². The zero-order chi connectivity index (χ0) is 13.7. The van der Waals surface area contributed by atoms with Gasteiger partial charge in [-0.3, -0.25) is 4.90 Å². The SMILES string of the molecule is CC1CCC(N(C)C(CN)C2CCCCCC2)CC1. The van der Waals surface area contributed by atoms with E-state index in [9.17, 15) is 0 Å². The molecule has 19 heavy (non-hydrogen) atoms. The quantitative estimate of drug-likeness (QED) is 0.784. The summed E-state index contributed by atoms with van der Waals surface area (Å²) in [6.45, 7) is 3.26. The zero-order valence-corrected chi connectivity index (χ0v) is 13.1. The van der Waals surface area contributed by atoms with Crippen LogP contribution in [0.1, 0.15) is 71.1 Å². The van der Waals surface area contributed by atoms with Gasteiger partial charge in [0.2, 0.25) is 0 Å². The van der Waals surface area contributed by atoms with E-state index in [-0.39, 0.29) is 0 Å². The minimum Gasteiger partial charge on any atom is -0.329 e. The first-order valence-corrected chi connectivity index (χ1v) is 8.64. The van der Waals surface area contributed by atoms with Gasteiger partial charge in [0.05, 0.1) is 0 Å². The minimum absolute atomic E-state index is 0.636. The lowest BCUT2D eigenvalue weighted by atomic mass is 9.84. The third-order valence-corrected chi connectivity index (χ3v) is 5.77. The lowest BCUT2D eigenvalue weighted by molar-refractivity contribution is 0.0866. The van der Waals surface area contributed by atoms with E-state index in [1.54, 1.807) is 0 Å². The molecule has 0 bridgehead atoms. The first-order chi connectivity index (χ1) is 9.22. The molecule has 0 radical (unpaired) electrons. The molecule has 0 aromatic rings. The van der Waals surface area contributed by atoms with Gasteiger partial charge in [-0.05, 0) is 57.4 Å². The summed E-state index contributed by atoms with van der Waals surface area (Å²) in [5, 5.41) is 0. The van der Waals surface area contributed by atoms with Gasteiger partial charge < -0.3 is 5.73 Å². The normalized spacial score (nSPS) is 32.2. The van der Waals surface area contributed by atoms with Crippen molar-refractivity contribution < 1.29 is 0 Å². The number of rotatable bonds is 4. The Balaban J connectivity index is 1.91. The molecule has 0 aromatic carbocycles. The fraction of sp³-hybridized carbons (Fsp3) is 1.00. The summed E-state index contributed by atoms with van der Waals surface area (Å²) in [7, 11) is 2.35. The Hall–Kier alpha value is -0.0800. The summed E-state index contributed by atoms with van der Waals surface area (Å²) in [6, 6.07) is 1.43. The molecule has 2 saturated carbocycles. The zero-order valence-electron chi connectivity index (χ0n) is 13.1. The number of hydrogen-bond donors (Lipinski definition) is 1. The molecule has 2 aliphatic carbocycles. The van der Waals surface area contributed by atoms with Gasteiger partial charge in [-0.1, -0.05) is 32.6 Å². The molecule has 2 heteroatoms. The Morgan fingerprint density at radius 1 is 0.947 bits per heavy atom. The number of hydrogen-bond acceptors (Lipinski definition) is 2. The predicted molar refractivity (Wildman–Crippen MR) is 83.2 cm³/mol. The Labute approximate surface area is 120 Å². The summed E-state index contributed by atoms with van der Waals surface area (Å²) in [5.74, 6) is 1.80. The Kier molecular flexibility index (Phi) is 6.15. The highest BCUT2D eigenvalue weighted by Gasteiger charge is 2.30. The average molecular weight is 266 g/mol. The largest absolute Gasteiger partial charge is 0.329 e. The highest BCUT2D eigenvalue weighted by molar-refractivity contribution is 4.86. The van der Waals surface area contributed by atoms with Gasteiger partial charge in [-0.2, -0.15) is 0 Å². The average Bonchev–Trinajstić information content (AvgIpc) is 2.69. The van der Waals surface area contributed by atoms with Gasteiger partial charge >= 0.3 is 0 Å². The van der Waals surface area contributed by atoms with E-state index in [2.05, 4.69) is 18.9 Å². The van der Waals surface area contributed by atoms with Crippen LogP contribution < -0.4 is 5.73 Å².